The Morgan fingerprint density at radius 2 is 1.81 bits per heavy atom. The fourth-order valence-corrected chi connectivity index (χ4v) is 6.25. The van der Waals surface area contributed by atoms with Crippen LogP contribution < -0.4 is 4.90 Å². The summed E-state index contributed by atoms with van der Waals surface area (Å²) >= 11 is 7.31. The molecule has 1 atom stereocenters. The van der Waals surface area contributed by atoms with Crippen LogP contribution in [0.3, 0.4) is 0 Å². The van der Waals surface area contributed by atoms with Crippen molar-refractivity contribution in [3.05, 3.63) is 124 Å². The van der Waals surface area contributed by atoms with Crippen LogP contribution in [-0.2, 0) is 19.1 Å². The van der Waals surface area contributed by atoms with Crippen LogP contribution in [-0.4, -0.2) is 52.9 Å². The monoisotopic (exact) mass is 590 g/mol. The number of nitrogens with zero attached hydrogens (tertiary/aromatic N) is 8. The van der Waals surface area contributed by atoms with Gasteiger partial charge in [-0.1, -0.05) is 41.1 Å². The minimum atomic E-state index is -1.57. The van der Waals surface area contributed by atoms with Crippen molar-refractivity contribution in [3.8, 4) is 5.69 Å². The Labute approximate surface area is 254 Å². The summed E-state index contributed by atoms with van der Waals surface area (Å²) in [5.41, 5.74) is 5.70. The first-order valence-electron chi connectivity index (χ1n) is 14.3. The van der Waals surface area contributed by atoms with Crippen LogP contribution in [0.15, 0.2) is 79.3 Å². The van der Waals surface area contributed by atoms with Crippen molar-refractivity contribution in [1.29, 1.82) is 0 Å². The van der Waals surface area contributed by atoms with E-state index in [9.17, 15) is 5.11 Å². The minimum absolute atomic E-state index is 0.527. The zero-order valence-electron chi connectivity index (χ0n) is 24.2. The molecule has 0 bridgehead atoms. The molecule has 7 rings (SSSR count). The lowest BCUT2D eigenvalue weighted by molar-refractivity contribution is 0.115. The molecule has 43 heavy (non-hydrogen) atoms. The number of pyridine rings is 2. The molecule has 6 aromatic rings. The fraction of sp³-hybridized carbons (Fsp3) is 0.242. The zero-order valence-corrected chi connectivity index (χ0v) is 25.0. The van der Waals surface area contributed by atoms with Crippen LogP contribution in [0.25, 0.3) is 16.6 Å². The van der Waals surface area contributed by atoms with Gasteiger partial charge in [0, 0.05) is 66.9 Å². The molecule has 0 radical (unpaired) electrons. The average Bonchev–Trinajstić information content (AvgIpc) is 3.67. The van der Waals surface area contributed by atoms with Gasteiger partial charge in [-0.15, -0.1) is 5.10 Å². The Morgan fingerprint density at radius 3 is 2.47 bits per heavy atom. The number of rotatable bonds is 7. The molecule has 4 aromatic heterocycles. The molecule has 0 aliphatic carbocycles. The third-order valence-electron chi connectivity index (χ3n) is 8.35. The van der Waals surface area contributed by atoms with E-state index in [2.05, 4.69) is 49.6 Å². The highest BCUT2D eigenvalue weighted by Crippen LogP contribution is 2.41. The second kappa shape index (κ2) is 10.6. The van der Waals surface area contributed by atoms with Crippen molar-refractivity contribution in [1.82, 2.24) is 34.7 Å². The quantitative estimate of drug-likeness (QED) is 0.269. The summed E-state index contributed by atoms with van der Waals surface area (Å²) in [7, 11) is 1.77. The lowest BCUT2D eigenvalue weighted by Crippen LogP contribution is -2.38. The SMILES string of the molecule is Cc1ccc(C(O)(c2ccc3nc(N4CCC4)c(Cc4ccc(-n5cccn5)cc4)c(Cl)c3c2)c2cnnn2C)c(C)n1. The maximum atomic E-state index is 12.6. The number of halogens is 1. The molecule has 1 fully saturated rings. The molecule has 1 aliphatic heterocycles. The molecule has 1 unspecified atom stereocenters. The third-order valence-corrected chi connectivity index (χ3v) is 8.79. The molecule has 10 heteroatoms. The standard InChI is InChI=1S/C33H31ClN8O/c1-21-6-12-28(22(2)37-21)33(43,30-20-35-39-40(30)3)24-9-13-29-26(19-24)31(34)27(32(38-29)41-15-5-16-41)18-23-7-10-25(11-8-23)42-17-4-14-36-42/h4,6-14,17,19-20,43H,5,15-16,18H2,1-3H3. The van der Waals surface area contributed by atoms with Gasteiger partial charge >= 0.3 is 0 Å². The summed E-state index contributed by atoms with van der Waals surface area (Å²) in [6.07, 6.45) is 7.03. The maximum Gasteiger partial charge on any atom is 0.160 e. The van der Waals surface area contributed by atoms with Gasteiger partial charge in [0.2, 0.25) is 0 Å². The third kappa shape index (κ3) is 4.65. The average molecular weight is 591 g/mol. The number of aliphatic hydroxyl groups is 1. The second-order valence-corrected chi connectivity index (χ2v) is 11.5. The summed E-state index contributed by atoms with van der Waals surface area (Å²) in [4.78, 5) is 12.1. The number of hydrogen-bond donors (Lipinski definition) is 1. The number of hydrogen-bond acceptors (Lipinski definition) is 7. The van der Waals surface area contributed by atoms with Crippen LogP contribution in [0.2, 0.25) is 5.02 Å². The molecule has 5 heterocycles. The van der Waals surface area contributed by atoms with E-state index in [4.69, 9.17) is 16.6 Å². The molecule has 216 valence electrons. The summed E-state index contributed by atoms with van der Waals surface area (Å²) in [6.45, 7) is 5.74. The van der Waals surface area contributed by atoms with E-state index in [1.54, 1.807) is 24.1 Å². The Bertz CT molecular complexity index is 1950. The van der Waals surface area contributed by atoms with E-state index < -0.39 is 5.60 Å². The fourth-order valence-electron chi connectivity index (χ4n) is 5.94. The van der Waals surface area contributed by atoms with Gasteiger partial charge in [-0.3, -0.25) is 4.98 Å². The van der Waals surface area contributed by atoms with Gasteiger partial charge < -0.3 is 10.0 Å². The molecule has 0 spiro atoms. The highest BCUT2D eigenvalue weighted by molar-refractivity contribution is 6.36. The van der Waals surface area contributed by atoms with Gasteiger partial charge in [-0.25, -0.2) is 14.3 Å². The molecule has 2 aromatic carbocycles. The first-order valence-corrected chi connectivity index (χ1v) is 14.7. The van der Waals surface area contributed by atoms with Gasteiger partial charge in [0.25, 0.3) is 0 Å². The van der Waals surface area contributed by atoms with Gasteiger partial charge in [0.05, 0.1) is 28.1 Å². The van der Waals surface area contributed by atoms with E-state index in [-0.39, 0.29) is 0 Å². The molecule has 1 saturated heterocycles. The largest absolute Gasteiger partial charge is 0.374 e. The predicted molar refractivity (Wildman–Crippen MR) is 167 cm³/mol. The molecule has 1 N–H and O–H groups in total. The highest BCUT2D eigenvalue weighted by atomic mass is 35.5. The summed E-state index contributed by atoms with van der Waals surface area (Å²) in [5, 5.41) is 26.5. The number of aryl methyl sites for hydroxylation is 3. The topological polar surface area (TPSA) is 97.8 Å². The smallest absolute Gasteiger partial charge is 0.160 e. The number of benzene rings is 2. The number of aromatic nitrogens is 7. The van der Waals surface area contributed by atoms with E-state index in [0.29, 0.717) is 28.3 Å². The van der Waals surface area contributed by atoms with Crippen LogP contribution in [0, 0.1) is 13.8 Å². The minimum Gasteiger partial charge on any atom is -0.374 e. The summed E-state index contributed by atoms with van der Waals surface area (Å²) in [5.74, 6) is 0.914. The van der Waals surface area contributed by atoms with Gasteiger partial charge in [-0.05, 0) is 67.8 Å². The Morgan fingerprint density at radius 1 is 1.00 bits per heavy atom. The van der Waals surface area contributed by atoms with Crippen LogP contribution >= 0.6 is 11.6 Å². The second-order valence-electron chi connectivity index (χ2n) is 11.1. The van der Waals surface area contributed by atoms with Gasteiger partial charge in [-0.2, -0.15) is 5.10 Å². The molecular weight excluding hydrogens is 560 g/mol. The van der Waals surface area contributed by atoms with Crippen molar-refractivity contribution < 1.29 is 5.11 Å². The normalized spacial score (nSPS) is 14.6. The Kier molecular flexibility index (Phi) is 6.71. The van der Waals surface area contributed by atoms with Crippen molar-refractivity contribution in [2.75, 3.05) is 18.0 Å². The van der Waals surface area contributed by atoms with Crippen molar-refractivity contribution in [3.63, 3.8) is 0 Å². The van der Waals surface area contributed by atoms with Crippen LogP contribution in [0.1, 0.15) is 45.8 Å². The predicted octanol–water partition coefficient (Wildman–Crippen LogP) is 5.30. The van der Waals surface area contributed by atoms with Crippen molar-refractivity contribution >= 4 is 28.3 Å². The molecule has 9 nitrogen and oxygen atoms in total. The van der Waals surface area contributed by atoms with E-state index in [1.165, 1.54) is 0 Å². The number of anilines is 1. The first kappa shape index (κ1) is 27.2. The highest BCUT2D eigenvalue weighted by Gasteiger charge is 2.39. The van der Waals surface area contributed by atoms with Gasteiger partial charge in [0.15, 0.2) is 5.60 Å². The Balaban J connectivity index is 1.37. The molecule has 0 amide bonds. The molecule has 0 saturated carbocycles. The summed E-state index contributed by atoms with van der Waals surface area (Å²) in [6, 6.07) is 19.9. The maximum absolute atomic E-state index is 12.6. The lowest BCUT2D eigenvalue weighted by Gasteiger charge is -2.34. The molecule has 1 aliphatic rings. The van der Waals surface area contributed by atoms with Crippen LogP contribution in [0.4, 0.5) is 5.82 Å². The van der Waals surface area contributed by atoms with Crippen molar-refractivity contribution in [2.24, 2.45) is 7.05 Å². The Hall–Kier alpha value is -4.60. The van der Waals surface area contributed by atoms with E-state index in [0.717, 1.165) is 64.4 Å². The first-order chi connectivity index (χ1) is 20.8. The summed E-state index contributed by atoms with van der Waals surface area (Å²) < 4.78 is 3.43. The van der Waals surface area contributed by atoms with Crippen LogP contribution in [0.5, 0.6) is 0 Å². The van der Waals surface area contributed by atoms with Gasteiger partial charge in [0.1, 0.15) is 5.82 Å². The molecular formula is C33H31ClN8O. The lowest BCUT2D eigenvalue weighted by atomic mass is 9.82. The zero-order chi connectivity index (χ0) is 29.7. The van der Waals surface area contributed by atoms with E-state index >= 15 is 0 Å². The van der Waals surface area contributed by atoms with E-state index in [1.807, 2.05) is 61.1 Å². The number of fused-ring (bicyclic) bond motifs is 1. The van der Waals surface area contributed by atoms with Crippen molar-refractivity contribution in [2.45, 2.75) is 32.3 Å².